The second-order valence-corrected chi connectivity index (χ2v) is 6.97. The van der Waals surface area contributed by atoms with Crippen LogP contribution in [0.1, 0.15) is 63.1 Å². The van der Waals surface area contributed by atoms with Crippen molar-refractivity contribution in [2.24, 2.45) is 10.9 Å². The molecule has 1 saturated carbocycles. The number of guanidine groups is 1. The average Bonchev–Trinajstić information content (AvgIpc) is 3.16. The molecule has 4 nitrogen and oxygen atoms in total. The molecular weight excluding hydrogens is 407 g/mol. The summed E-state index contributed by atoms with van der Waals surface area (Å²) in [5.41, 5.74) is 1.17. The lowest BCUT2D eigenvalue weighted by Gasteiger charge is -2.10. The Morgan fingerprint density at radius 2 is 2.18 bits per heavy atom. The Hall–Kier alpha value is -0.370. The van der Waals surface area contributed by atoms with Crippen LogP contribution in [0.4, 0.5) is 0 Å². The molecule has 0 bridgehead atoms. The Kier molecular flexibility index (Phi) is 9.31. The predicted octanol–water partition coefficient (Wildman–Crippen LogP) is 4.13. The molecule has 0 unspecified atom stereocenters. The number of aromatic nitrogens is 1. The van der Waals surface area contributed by atoms with Crippen LogP contribution in [0.2, 0.25) is 0 Å². The SMILES string of the molecule is CCNC(=NCc1nc(C(C)C)cs1)NCCCC1CC1.I. The minimum Gasteiger partial charge on any atom is -0.357 e. The molecule has 1 fully saturated rings. The Labute approximate surface area is 155 Å². The third-order valence-corrected chi connectivity index (χ3v) is 4.51. The van der Waals surface area contributed by atoms with Gasteiger partial charge in [-0.2, -0.15) is 0 Å². The first-order chi connectivity index (χ1) is 10.2. The molecule has 0 aliphatic heterocycles. The Morgan fingerprint density at radius 1 is 1.41 bits per heavy atom. The van der Waals surface area contributed by atoms with E-state index < -0.39 is 0 Å². The molecule has 1 aromatic rings. The summed E-state index contributed by atoms with van der Waals surface area (Å²) in [6.45, 7) is 9.01. The van der Waals surface area contributed by atoms with Crippen molar-refractivity contribution in [1.82, 2.24) is 15.6 Å². The lowest BCUT2D eigenvalue weighted by molar-refractivity contribution is 0.645. The van der Waals surface area contributed by atoms with Gasteiger partial charge in [-0.25, -0.2) is 9.98 Å². The summed E-state index contributed by atoms with van der Waals surface area (Å²) in [5, 5.41) is 9.96. The van der Waals surface area contributed by atoms with E-state index in [9.17, 15) is 0 Å². The van der Waals surface area contributed by atoms with Crippen molar-refractivity contribution >= 4 is 41.3 Å². The lowest BCUT2D eigenvalue weighted by Crippen LogP contribution is -2.37. The van der Waals surface area contributed by atoms with Crippen molar-refractivity contribution in [2.45, 2.75) is 58.9 Å². The molecule has 1 aromatic heterocycles. The topological polar surface area (TPSA) is 49.3 Å². The first kappa shape index (κ1) is 19.7. The molecule has 2 rings (SSSR count). The van der Waals surface area contributed by atoms with Gasteiger partial charge in [0.05, 0.1) is 12.2 Å². The van der Waals surface area contributed by atoms with E-state index in [1.165, 1.54) is 31.4 Å². The standard InChI is InChI=1S/C16H28N4S.HI/c1-4-17-16(18-9-5-6-13-7-8-13)19-10-15-20-14(11-21-15)12(2)3;/h11-13H,4-10H2,1-3H3,(H2,17,18,19);1H. The molecule has 0 radical (unpaired) electrons. The van der Waals surface area contributed by atoms with Gasteiger partial charge < -0.3 is 10.6 Å². The summed E-state index contributed by atoms with van der Waals surface area (Å²) in [5.74, 6) is 2.42. The van der Waals surface area contributed by atoms with E-state index in [4.69, 9.17) is 0 Å². The van der Waals surface area contributed by atoms with E-state index in [2.05, 4.69) is 46.8 Å². The number of nitrogens with one attached hydrogen (secondary N) is 2. The summed E-state index contributed by atoms with van der Waals surface area (Å²) in [4.78, 5) is 9.26. The van der Waals surface area contributed by atoms with Gasteiger partial charge in [0.1, 0.15) is 5.01 Å². The molecular formula is C16H29IN4S. The van der Waals surface area contributed by atoms with Crippen LogP contribution in [-0.2, 0) is 6.54 Å². The van der Waals surface area contributed by atoms with Gasteiger partial charge in [0.25, 0.3) is 0 Å². The van der Waals surface area contributed by atoms with Crippen LogP contribution in [0, 0.1) is 5.92 Å². The Bertz CT molecular complexity index is 455. The number of aliphatic imine (C=N–C) groups is 1. The quantitative estimate of drug-likeness (QED) is 0.279. The monoisotopic (exact) mass is 436 g/mol. The predicted molar refractivity (Wildman–Crippen MR) is 106 cm³/mol. The van der Waals surface area contributed by atoms with Gasteiger partial charge in [0.15, 0.2) is 5.96 Å². The fraction of sp³-hybridized carbons (Fsp3) is 0.750. The smallest absolute Gasteiger partial charge is 0.191 e. The molecule has 0 amide bonds. The van der Waals surface area contributed by atoms with Gasteiger partial charge >= 0.3 is 0 Å². The summed E-state index contributed by atoms with van der Waals surface area (Å²) < 4.78 is 0. The minimum atomic E-state index is 0. The van der Waals surface area contributed by atoms with Crippen molar-refractivity contribution in [3.05, 3.63) is 16.1 Å². The van der Waals surface area contributed by atoms with Gasteiger partial charge in [-0.1, -0.05) is 26.7 Å². The van der Waals surface area contributed by atoms with Gasteiger partial charge in [-0.3, -0.25) is 0 Å². The summed E-state index contributed by atoms with van der Waals surface area (Å²) in [6, 6.07) is 0. The highest BCUT2D eigenvalue weighted by Crippen LogP contribution is 2.33. The second kappa shape index (κ2) is 10.4. The zero-order chi connectivity index (χ0) is 15.1. The molecule has 2 N–H and O–H groups in total. The van der Waals surface area contributed by atoms with E-state index in [-0.39, 0.29) is 24.0 Å². The van der Waals surface area contributed by atoms with Crippen molar-refractivity contribution < 1.29 is 0 Å². The normalized spacial score (nSPS) is 14.8. The van der Waals surface area contributed by atoms with Crippen LogP contribution in [0.3, 0.4) is 0 Å². The van der Waals surface area contributed by atoms with Crippen LogP contribution in [0.25, 0.3) is 0 Å². The Morgan fingerprint density at radius 3 is 2.77 bits per heavy atom. The van der Waals surface area contributed by atoms with Crippen LogP contribution in [0.15, 0.2) is 10.4 Å². The molecule has 126 valence electrons. The van der Waals surface area contributed by atoms with E-state index in [0.29, 0.717) is 12.5 Å². The number of hydrogen-bond acceptors (Lipinski definition) is 3. The van der Waals surface area contributed by atoms with E-state index >= 15 is 0 Å². The summed E-state index contributed by atoms with van der Waals surface area (Å²) >= 11 is 1.70. The molecule has 1 heterocycles. The first-order valence-electron chi connectivity index (χ1n) is 8.15. The molecule has 0 atom stereocenters. The molecule has 0 saturated heterocycles. The maximum Gasteiger partial charge on any atom is 0.191 e. The van der Waals surface area contributed by atoms with E-state index in [1.54, 1.807) is 11.3 Å². The van der Waals surface area contributed by atoms with Gasteiger partial charge in [-0.15, -0.1) is 35.3 Å². The van der Waals surface area contributed by atoms with Crippen molar-refractivity contribution in [3.8, 4) is 0 Å². The molecule has 1 aliphatic rings. The third-order valence-electron chi connectivity index (χ3n) is 3.66. The highest BCUT2D eigenvalue weighted by Gasteiger charge is 2.19. The maximum absolute atomic E-state index is 4.63. The van der Waals surface area contributed by atoms with Crippen LogP contribution < -0.4 is 10.6 Å². The van der Waals surface area contributed by atoms with Crippen LogP contribution in [-0.4, -0.2) is 24.0 Å². The summed E-state index contributed by atoms with van der Waals surface area (Å²) in [7, 11) is 0. The number of rotatable bonds is 8. The number of nitrogens with zero attached hydrogens (tertiary/aromatic N) is 2. The zero-order valence-electron chi connectivity index (χ0n) is 13.9. The molecule has 0 aromatic carbocycles. The van der Waals surface area contributed by atoms with Crippen LogP contribution >= 0.6 is 35.3 Å². The second-order valence-electron chi connectivity index (χ2n) is 6.03. The van der Waals surface area contributed by atoms with E-state index in [1.807, 2.05) is 0 Å². The minimum absolute atomic E-state index is 0. The lowest BCUT2D eigenvalue weighted by atomic mass is 10.2. The number of halogens is 1. The summed E-state index contributed by atoms with van der Waals surface area (Å²) in [6.07, 6.45) is 5.48. The highest BCUT2D eigenvalue weighted by molar-refractivity contribution is 14.0. The van der Waals surface area contributed by atoms with Gasteiger partial charge in [0.2, 0.25) is 0 Å². The van der Waals surface area contributed by atoms with Gasteiger partial charge in [0, 0.05) is 18.5 Å². The van der Waals surface area contributed by atoms with Crippen molar-refractivity contribution in [3.63, 3.8) is 0 Å². The molecule has 0 spiro atoms. The van der Waals surface area contributed by atoms with Crippen molar-refractivity contribution in [1.29, 1.82) is 0 Å². The number of thiazole rings is 1. The first-order valence-corrected chi connectivity index (χ1v) is 9.03. The van der Waals surface area contributed by atoms with Crippen molar-refractivity contribution in [2.75, 3.05) is 13.1 Å². The third kappa shape index (κ3) is 7.26. The fourth-order valence-corrected chi connectivity index (χ4v) is 3.03. The molecule has 1 aliphatic carbocycles. The maximum atomic E-state index is 4.63. The zero-order valence-corrected chi connectivity index (χ0v) is 17.0. The molecule has 22 heavy (non-hydrogen) atoms. The fourth-order valence-electron chi connectivity index (χ4n) is 2.16. The van der Waals surface area contributed by atoms with E-state index in [0.717, 1.165) is 30.0 Å². The van der Waals surface area contributed by atoms with Gasteiger partial charge in [-0.05, 0) is 31.6 Å². The largest absolute Gasteiger partial charge is 0.357 e. The highest BCUT2D eigenvalue weighted by atomic mass is 127. The Balaban J connectivity index is 0.00000242. The van der Waals surface area contributed by atoms with Crippen LogP contribution in [0.5, 0.6) is 0 Å². The average molecular weight is 436 g/mol. The molecule has 6 heteroatoms. The number of hydrogen-bond donors (Lipinski definition) is 2.